The number of fused-ring (bicyclic) bond motifs is 3. The van der Waals surface area contributed by atoms with Gasteiger partial charge in [0.2, 0.25) is 0 Å². The van der Waals surface area contributed by atoms with Gasteiger partial charge in [-0.15, -0.1) is 0 Å². The molecule has 2 nitrogen and oxygen atoms in total. The van der Waals surface area contributed by atoms with Crippen LogP contribution in [0.1, 0.15) is 23.6 Å². The number of hydrogen-bond donors (Lipinski definition) is 1. The van der Waals surface area contributed by atoms with Crippen LogP contribution in [-0.4, -0.2) is 11.7 Å². The predicted molar refractivity (Wildman–Crippen MR) is 88.0 cm³/mol. The standard InChI is InChI=1S/C19H20O2/c1-4-21-19-10-17-15(11-20)9-14-6-5-12(2)7-16(14)18(17)8-13(19)3/h5-10,20H,4,11H2,1-3H3. The first-order chi connectivity index (χ1) is 10.1. The van der Waals surface area contributed by atoms with Crippen molar-refractivity contribution in [3.8, 4) is 5.75 Å². The minimum Gasteiger partial charge on any atom is -0.494 e. The SMILES string of the molecule is CCOc1cc2c(CO)cc3ccc(C)cc3c2cc1C. The molecule has 0 unspecified atom stereocenters. The lowest BCUT2D eigenvalue weighted by atomic mass is 9.94. The molecule has 0 aromatic heterocycles. The second-order valence-electron chi connectivity index (χ2n) is 5.51. The highest BCUT2D eigenvalue weighted by molar-refractivity contribution is 6.09. The Labute approximate surface area is 125 Å². The Hall–Kier alpha value is -2.06. The number of aliphatic hydroxyl groups excluding tert-OH is 1. The number of ether oxygens (including phenoxy) is 1. The molecule has 0 saturated heterocycles. The van der Waals surface area contributed by atoms with Crippen molar-refractivity contribution >= 4 is 21.5 Å². The summed E-state index contributed by atoms with van der Waals surface area (Å²) < 4.78 is 5.70. The molecule has 0 spiro atoms. The van der Waals surface area contributed by atoms with E-state index in [9.17, 15) is 5.11 Å². The lowest BCUT2D eigenvalue weighted by Crippen LogP contribution is -1.96. The molecule has 3 aromatic rings. The quantitative estimate of drug-likeness (QED) is 0.716. The summed E-state index contributed by atoms with van der Waals surface area (Å²) in [6.45, 7) is 6.84. The van der Waals surface area contributed by atoms with E-state index in [1.165, 1.54) is 21.7 Å². The summed E-state index contributed by atoms with van der Waals surface area (Å²) in [6, 6.07) is 12.7. The van der Waals surface area contributed by atoms with E-state index in [1.807, 2.05) is 6.92 Å². The average Bonchev–Trinajstić information content (AvgIpc) is 2.48. The number of benzene rings is 3. The monoisotopic (exact) mass is 280 g/mol. The summed E-state index contributed by atoms with van der Waals surface area (Å²) in [5.74, 6) is 0.895. The van der Waals surface area contributed by atoms with E-state index in [0.29, 0.717) is 6.61 Å². The van der Waals surface area contributed by atoms with Crippen LogP contribution in [0.5, 0.6) is 5.75 Å². The smallest absolute Gasteiger partial charge is 0.122 e. The fourth-order valence-corrected chi connectivity index (χ4v) is 2.91. The number of rotatable bonds is 3. The molecule has 0 saturated carbocycles. The van der Waals surface area contributed by atoms with Crippen LogP contribution in [0.15, 0.2) is 36.4 Å². The Kier molecular flexibility index (Phi) is 3.56. The fourth-order valence-electron chi connectivity index (χ4n) is 2.91. The molecule has 21 heavy (non-hydrogen) atoms. The van der Waals surface area contributed by atoms with Gasteiger partial charge in [0, 0.05) is 0 Å². The lowest BCUT2D eigenvalue weighted by molar-refractivity contribution is 0.283. The third-order valence-electron chi connectivity index (χ3n) is 3.96. The fraction of sp³-hybridized carbons (Fsp3) is 0.263. The first kappa shape index (κ1) is 13.9. The maximum atomic E-state index is 9.70. The van der Waals surface area contributed by atoms with Crippen LogP contribution in [0.2, 0.25) is 0 Å². The molecule has 0 bridgehead atoms. The highest BCUT2D eigenvalue weighted by Gasteiger charge is 2.10. The van der Waals surface area contributed by atoms with Gasteiger partial charge in [0.25, 0.3) is 0 Å². The first-order valence-corrected chi connectivity index (χ1v) is 7.34. The van der Waals surface area contributed by atoms with E-state index in [2.05, 4.69) is 50.2 Å². The van der Waals surface area contributed by atoms with E-state index in [1.54, 1.807) is 0 Å². The Balaban J connectivity index is 2.43. The molecular weight excluding hydrogens is 260 g/mol. The molecule has 0 aliphatic heterocycles. The van der Waals surface area contributed by atoms with E-state index in [-0.39, 0.29) is 6.61 Å². The van der Waals surface area contributed by atoms with Gasteiger partial charge in [0.15, 0.2) is 0 Å². The Morgan fingerprint density at radius 2 is 1.76 bits per heavy atom. The molecule has 3 aromatic carbocycles. The molecule has 0 fully saturated rings. The van der Waals surface area contributed by atoms with Crippen molar-refractivity contribution in [3.63, 3.8) is 0 Å². The summed E-state index contributed by atoms with van der Waals surface area (Å²) >= 11 is 0. The van der Waals surface area contributed by atoms with Crippen molar-refractivity contribution in [2.45, 2.75) is 27.4 Å². The molecule has 0 atom stereocenters. The normalized spacial score (nSPS) is 11.2. The van der Waals surface area contributed by atoms with E-state index in [0.717, 1.165) is 22.3 Å². The summed E-state index contributed by atoms with van der Waals surface area (Å²) in [5, 5.41) is 14.4. The Morgan fingerprint density at radius 3 is 2.48 bits per heavy atom. The van der Waals surface area contributed by atoms with E-state index >= 15 is 0 Å². The van der Waals surface area contributed by atoms with Crippen LogP contribution in [-0.2, 0) is 6.61 Å². The van der Waals surface area contributed by atoms with Crippen LogP contribution in [0.25, 0.3) is 21.5 Å². The van der Waals surface area contributed by atoms with Crippen LogP contribution < -0.4 is 4.74 Å². The number of hydrogen-bond acceptors (Lipinski definition) is 2. The predicted octanol–water partition coefficient (Wildman–Crippen LogP) is 4.50. The molecular formula is C19H20O2. The maximum absolute atomic E-state index is 9.70. The Bertz CT molecular complexity index is 819. The largest absolute Gasteiger partial charge is 0.494 e. The third kappa shape index (κ3) is 2.36. The molecule has 0 radical (unpaired) electrons. The van der Waals surface area contributed by atoms with Crippen LogP contribution in [0.3, 0.4) is 0 Å². The minimum atomic E-state index is 0.0366. The summed E-state index contributed by atoms with van der Waals surface area (Å²) in [4.78, 5) is 0. The molecule has 0 heterocycles. The number of aryl methyl sites for hydroxylation is 2. The van der Waals surface area contributed by atoms with Crippen molar-refractivity contribution in [1.29, 1.82) is 0 Å². The zero-order chi connectivity index (χ0) is 15.0. The Morgan fingerprint density at radius 1 is 0.952 bits per heavy atom. The molecule has 0 aliphatic carbocycles. The second kappa shape index (κ2) is 5.38. The molecule has 3 rings (SSSR count). The van der Waals surface area contributed by atoms with Crippen LogP contribution >= 0.6 is 0 Å². The van der Waals surface area contributed by atoms with Gasteiger partial charge < -0.3 is 9.84 Å². The molecule has 108 valence electrons. The van der Waals surface area contributed by atoms with Gasteiger partial charge in [0.1, 0.15) is 5.75 Å². The highest BCUT2D eigenvalue weighted by Crippen LogP contribution is 2.34. The molecule has 1 N–H and O–H groups in total. The zero-order valence-electron chi connectivity index (χ0n) is 12.7. The van der Waals surface area contributed by atoms with Gasteiger partial charge in [-0.2, -0.15) is 0 Å². The summed E-state index contributed by atoms with van der Waals surface area (Å²) in [5.41, 5.74) is 3.32. The van der Waals surface area contributed by atoms with E-state index < -0.39 is 0 Å². The topological polar surface area (TPSA) is 29.5 Å². The minimum absolute atomic E-state index is 0.0366. The average molecular weight is 280 g/mol. The highest BCUT2D eigenvalue weighted by atomic mass is 16.5. The van der Waals surface area contributed by atoms with Crippen molar-refractivity contribution in [2.75, 3.05) is 6.61 Å². The van der Waals surface area contributed by atoms with Gasteiger partial charge in [-0.25, -0.2) is 0 Å². The molecule has 0 amide bonds. The van der Waals surface area contributed by atoms with Crippen molar-refractivity contribution < 1.29 is 9.84 Å². The first-order valence-electron chi connectivity index (χ1n) is 7.34. The van der Waals surface area contributed by atoms with Crippen LogP contribution in [0.4, 0.5) is 0 Å². The van der Waals surface area contributed by atoms with Gasteiger partial charge in [-0.1, -0.05) is 23.8 Å². The van der Waals surface area contributed by atoms with Crippen molar-refractivity contribution in [3.05, 3.63) is 53.1 Å². The van der Waals surface area contributed by atoms with Crippen molar-refractivity contribution in [2.24, 2.45) is 0 Å². The van der Waals surface area contributed by atoms with Gasteiger partial charge >= 0.3 is 0 Å². The van der Waals surface area contributed by atoms with Gasteiger partial charge in [-0.05, 0) is 71.6 Å². The van der Waals surface area contributed by atoms with E-state index in [4.69, 9.17) is 4.74 Å². The molecule has 2 heteroatoms. The van der Waals surface area contributed by atoms with Crippen molar-refractivity contribution in [1.82, 2.24) is 0 Å². The number of aliphatic hydroxyl groups is 1. The third-order valence-corrected chi connectivity index (χ3v) is 3.96. The van der Waals surface area contributed by atoms with Crippen LogP contribution in [0, 0.1) is 13.8 Å². The van der Waals surface area contributed by atoms with Gasteiger partial charge in [-0.3, -0.25) is 0 Å². The van der Waals surface area contributed by atoms with Gasteiger partial charge in [0.05, 0.1) is 13.2 Å². The zero-order valence-corrected chi connectivity index (χ0v) is 12.7. The summed E-state index contributed by atoms with van der Waals surface area (Å²) in [6.07, 6.45) is 0. The summed E-state index contributed by atoms with van der Waals surface area (Å²) in [7, 11) is 0. The molecule has 0 aliphatic rings. The maximum Gasteiger partial charge on any atom is 0.122 e. The second-order valence-corrected chi connectivity index (χ2v) is 5.51. The lowest BCUT2D eigenvalue weighted by Gasteiger charge is -2.14.